The normalized spacial score (nSPS) is 20.6. The van der Waals surface area contributed by atoms with E-state index in [1.54, 1.807) is 11.8 Å². The van der Waals surface area contributed by atoms with Gasteiger partial charge in [0.15, 0.2) is 0 Å². The fourth-order valence-electron chi connectivity index (χ4n) is 1.58. The third kappa shape index (κ3) is 2.45. The van der Waals surface area contributed by atoms with Gasteiger partial charge in [-0.15, -0.1) is 0 Å². The van der Waals surface area contributed by atoms with Gasteiger partial charge in [-0.2, -0.15) is 0 Å². The van der Waals surface area contributed by atoms with Crippen molar-refractivity contribution >= 4 is 11.9 Å². The molecule has 1 rings (SSSR count). The fraction of sp³-hybridized carbons (Fsp3) is 0.778. The molecule has 0 saturated carbocycles. The molecule has 0 bridgehead atoms. The smallest absolute Gasteiger partial charge is 0.320 e. The molecule has 1 aliphatic heterocycles. The van der Waals surface area contributed by atoms with Gasteiger partial charge in [-0.3, -0.25) is 14.5 Å². The third-order valence-electron chi connectivity index (χ3n) is 2.66. The van der Waals surface area contributed by atoms with Crippen molar-refractivity contribution in [1.82, 2.24) is 9.80 Å². The van der Waals surface area contributed by atoms with Crippen molar-refractivity contribution in [1.29, 1.82) is 0 Å². The van der Waals surface area contributed by atoms with E-state index in [9.17, 15) is 9.59 Å². The molecule has 14 heavy (non-hydrogen) atoms. The van der Waals surface area contributed by atoms with E-state index in [1.807, 2.05) is 4.90 Å². The molecular formula is C9H16N2O3. The van der Waals surface area contributed by atoms with Crippen molar-refractivity contribution in [2.75, 3.05) is 26.2 Å². The van der Waals surface area contributed by atoms with E-state index in [0.29, 0.717) is 26.2 Å². The van der Waals surface area contributed by atoms with Crippen LogP contribution in [0.4, 0.5) is 0 Å². The highest BCUT2D eigenvalue weighted by molar-refractivity contribution is 5.74. The molecule has 0 aromatic heterocycles. The second-order valence-electron chi connectivity index (χ2n) is 3.56. The van der Waals surface area contributed by atoms with Gasteiger partial charge in [0, 0.05) is 33.1 Å². The molecule has 0 aromatic rings. The maximum Gasteiger partial charge on any atom is 0.320 e. The van der Waals surface area contributed by atoms with Crippen molar-refractivity contribution in [3.63, 3.8) is 0 Å². The van der Waals surface area contributed by atoms with Gasteiger partial charge >= 0.3 is 5.97 Å². The number of piperazine rings is 1. The Morgan fingerprint density at radius 3 is 2.07 bits per heavy atom. The lowest BCUT2D eigenvalue weighted by Crippen LogP contribution is -2.52. The van der Waals surface area contributed by atoms with E-state index >= 15 is 0 Å². The molecule has 0 aliphatic carbocycles. The number of amides is 1. The number of nitrogens with zero attached hydrogens (tertiary/aromatic N) is 2. The summed E-state index contributed by atoms with van der Waals surface area (Å²) in [5.41, 5.74) is 0. The van der Waals surface area contributed by atoms with Crippen LogP contribution in [0.25, 0.3) is 0 Å². The first-order chi connectivity index (χ1) is 6.52. The van der Waals surface area contributed by atoms with Crippen LogP contribution in [-0.2, 0) is 9.59 Å². The molecule has 80 valence electrons. The highest BCUT2D eigenvalue weighted by atomic mass is 16.4. The van der Waals surface area contributed by atoms with Crippen molar-refractivity contribution in [2.45, 2.75) is 19.9 Å². The molecule has 1 N–H and O–H groups in total. The van der Waals surface area contributed by atoms with Gasteiger partial charge in [-0.1, -0.05) is 0 Å². The van der Waals surface area contributed by atoms with Gasteiger partial charge in [-0.25, -0.2) is 0 Å². The van der Waals surface area contributed by atoms with Crippen LogP contribution in [0.15, 0.2) is 0 Å². The summed E-state index contributed by atoms with van der Waals surface area (Å²) in [4.78, 5) is 25.3. The lowest BCUT2D eigenvalue weighted by molar-refractivity contribution is -0.143. The number of hydrogen-bond donors (Lipinski definition) is 1. The Hall–Kier alpha value is -1.10. The maximum absolute atomic E-state index is 11.0. The monoisotopic (exact) mass is 200 g/mol. The molecule has 0 aromatic carbocycles. The van der Waals surface area contributed by atoms with Gasteiger partial charge in [0.1, 0.15) is 6.04 Å². The predicted octanol–water partition coefficient (Wildman–Crippen LogP) is -0.376. The largest absolute Gasteiger partial charge is 0.480 e. The van der Waals surface area contributed by atoms with Gasteiger partial charge in [0.05, 0.1) is 0 Å². The number of hydrogen-bond acceptors (Lipinski definition) is 3. The van der Waals surface area contributed by atoms with Gasteiger partial charge in [0.2, 0.25) is 5.91 Å². The Labute approximate surface area is 83.3 Å². The summed E-state index contributed by atoms with van der Waals surface area (Å²) >= 11 is 0. The summed E-state index contributed by atoms with van der Waals surface area (Å²) in [6.07, 6.45) is 0. The topological polar surface area (TPSA) is 60.9 Å². The summed E-state index contributed by atoms with van der Waals surface area (Å²) in [6.45, 7) is 5.77. The van der Waals surface area contributed by atoms with Crippen LogP contribution in [0.5, 0.6) is 0 Å². The second-order valence-corrected chi connectivity index (χ2v) is 3.56. The minimum Gasteiger partial charge on any atom is -0.480 e. The highest BCUT2D eigenvalue weighted by Gasteiger charge is 2.25. The zero-order valence-corrected chi connectivity index (χ0v) is 8.56. The van der Waals surface area contributed by atoms with Crippen molar-refractivity contribution < 1.29 is 14.7 Å². The summed E-state index contributed by atoms with van der Waals surface area (Å²) < 4.78 is 0. The van der Waals surface area contributed by atoms with Crippen LogP contribution >= 0.6 is 0 Å². The molecule has 1 saturated heterocycles. The van der Waals surface area contributed by atoms with E-state index in [-0.39, 0.29) is 5.91 Å². The van der Waals surface area contributed by atoms with Crippen LogP contribution in [-0.4, -0.2) is 59.0 Å². The Morgan fingerprint density at radius 2 is 1.71 bits per heavy atom. The van der Waals surface area contributed by atoms with E-state index in [4.69, 9.17) is 5.11 Å². The van der Waals surface area contributed by atoms with Crippen LogP contribution in [0.3, 0.4) is 0 Å². The SMILES string of the molecule is CC(=O)N1CCN([C@@H](C)C(=O)O)CC1. The van der Waals surface area contributed by atoms with Crippen LogP contribution in [0, 0.1) is 0 Å². The fourth-order valence-corrected chi connectivity index (χ4v) is 1.58. The van der Waals surface area contributed by atoms with Gasteiger partial charge < -0.3 is 10.0 Å². The molecular weight excluding hydrogens is 184 g/mol. The molecule has 0 unspecified atom stereocenters. The minimum absolute atomic E-state index is 0.0626. The molecule has 5 nitrogen and oxygen atoms in total. The number of carbonyl (C=O) groups is 2. The molecule has 1 atom stereocenters. The third-order valence-corrected chi connectivity index (χ3v) is 2.66. The average molecular weight is 200 g/mol. The molecule has 1 amide bonds. The maximum atomic E-state index is 11.0. The van der Waals surface area contributed by atoms with E-state index < -0.39 is 12.0 Å². The lowest BCUT2D eigenvalue weighted by Gasteiger charge is -2.36. The molecule has 5 heteroatoms. The Balaban J connectivity index is 2.43. The number of carboxylic acids is 1. The first kappa shape index (κ1) is 11.0. The number of carboxylic acid groups (broad SMARTS) is 1. The Kier molecular flexibility index (Phi) is 3.46. The van der Waals surface area contributed by atoms with Gasteiger partial charge in [-0.05, 0) is 6.92 Å². The number of carbonyl (C=O) groups excluding carboxylic acids is 1. The molecule has 1 fully saturated rings. The van der Waals surface area contributed by atoms with Crippen molar-refractivity contribution in [3.05, 3.63) is 0 Å². The van der Waals surface area contributed by atoms with Crippen molar-refractivity contribution in [2.24, 2.45) is 0 Å². The van der Waals surface area contributed by atoms with Crippen LogP contribution < -0.4 is 0 Å². The summed E-state index contributed by atoms with van der Waals surface area (Å²) in [6, 6.07) is -0.455. The number of aliphatic carboxylic acids is 1. The summed E-state index contributed by atoms with van der Waals surface area (Å²) in [7, 11) is 0. The van der Waals surface area contributed by atoms with Crippen LogP contribution in [0.2, 0.25) is 0 Å². The summed E-state index contributed by atoms with van der Waals surface area (Å²) in [5, 5.41) is 8.79. The first-order valence-corrected chi connectivity index (χ1v) is 4.74. The minimum atomic E-state index is -0.804. The van der Waals surface area contributed by atoms with Crippen LogP contribution in [0.1, 0.15) is 13.8 Å². The van der Waals surface area contributed by atoms with E-state index in [1.165, 1.54) is 6.92 Å². The second kappa shape index (κ2) is 4.41. The zero-order valence-electron chi connectivity index (χ0n) is 8.56. The number of rotatable bonds is 2. The van der Waals surface area contributed by atoms with E-state index in [0.717, 1.165) is 0 Å². The van der Waals surface area contributed by atoms with Gasteiger partial charge in [0.25, 0.3) is 0 Å². The van der Waals surface area contributed by atoms with Crippen molar-refractivity contribution in [3.8, 4) is 0 Å². The lowest BCUT2D eigenvalue weighted by atomic mass is 10.2. The Morgan fingerprint density at radius 1 is 1.21 bits per heavy atom. The quantitative estimate of drug-likeness (QED) is 0.660. The molecule has 1 aliphatic rings. The highest BCUT2D eigenvalue weighted by Crippen LogP contribution is 2.06. The Bertz CT molecular complexity index is 234. The average Bonchev–Trinajstić information content (AvgIpc) is 2.16. The standard InChI is InChI=1S/C9H16N2O3/c1-7(9(13)14)10-3-5-11(6-4-10)8(2)12/h7H,3-6H2,1-2H3,(H,13,14)/t7-/m0/s1. The summed E-state index contributed by atoms with van der Waals surface area (Å²) in [5.74, 6) is -0.742. The molecule has 0 spiro atoms. The molecule has 1 heterocycles. The molecule has 0 radical (unpaired) electrons. The zero-order chi connectivity index (χ0) is 10.7. The van der Waals surface area contributed by atoms with E-state index in [2.05, 4.69) is 0 Å². The first-order valence-electron chi connectivity index (χ1n) is 4.74. The predicted molar refractivity (Wildman–Crippen MR) is 50.9 cm³/mol.